The highest BCUT2D eigenvalue weighted by molar-refractivity contribution is 7.85. The molecule has 0 radical (unpaired) electrons. The molecule has 1 aromatic carbocycles. The van der Waals surface area contributed by atoms with Gasteiger partial charge >= 0.3 is 10.3 Å². The van der Waals surface area contributed by atoms with E-state index in [1.807, 2.05) is 0 Å². The Morgan fingerprint density at radius 1 is 1.38 bits per heavy atom. The molecule has 2 aromatic rings. The Kier molecular flexibility index (Phi) is 3.26. The van der Waals surface area contributed by atoms with Gasteiger partial charge in [0.05, 0.1) is 7.11 Å². The molecule has 6 nitrogen and oxygen atoms in total. The highest BCUT2D eigenvalue weighted by atomic mass is 32.2. The van der Waals surface area contributed by atoms with Gasteiger partial charge in [0.2, 0.25) is 5.88 Å². The van der Waals surface area contributed by atoms with E-state index in [2.05, 4.69) is 9.71 Å². The lowest BCUT2D eigenvalue weighted by molar-refractivity contribution is 0.398. The Balaban J connectivity index is 2.15. The number of benzene rings is 1. The van der Waals surface area contributed by atoms with Gasteiger partial charge in [0.25, 0.3) is 0 Å². The zero-order chi connectivity index (χ0) is 15.0. The Labute approximate surface area is 120 Å². The molecule has 21 heavy (non-hydrogen) atoms. The number of rotatable bonds is 2. The van der Waals surface area contributed by atoms with Crippen LogP contribution in [0.25, 0.3) is 11.1 Å². The topological polar surface area (TPSA) is 77.5 Å². The van der Waals surface area contributed by atoms with Crippen LogP contribution in [0.3, 0.4) is 0 Å². The largest absolute Gasteiger partial charge is 0.481 e. The van der Waals surface area contributed by atoms with Gasteiger partial charge in [0.1, 0.15) is 5.82 Å². The monoisotopic (exact) mass is 310 g/mol. The summed E-state index contributed by atoms with van der Waals surface area (Å²) < 4.78 is 48.8. The summed E-state index contributed by atoms with van der Waals surface area (Å²) in [6.45, 7) is -0.0218. The Hall–Kier alpha value is -2.19. The predicted octanol–water partition coefficient (Wildman–Crippen LogP) is 1.62. The molecule has 1 N–H and O–H groups in total. The molecule has 1 aromatic heterocycles. The average Bonchev–Trinajstić information content (AvgIpc) is 2.46. The van der Waals surface area contributed by atoms with E-state index in [1.165, 1.54) is 25.4 Å². The molecule has 0 unspecified atom stereocenters. The Bertz CT molecular complexity index is 791. The summed E-state index contributed by atoms with van der Waals surface area (Å²) in [4.78, 5) is 4.02. The van der Waals surface area contributed by atoms with Crippen LogP contribution in [0.4, 0.5) is 4.39 Å². The van der Waals surface area contributed by atoms with Gasteiger partial charge in [-0.2, -0.15) is 13.1 Å². The number of fused-ring (bicyclic) bond motifs is 1. The third kappa shape index (κ3) is 2.67. The van der Waals surface area contributed by atoms with E-state index < -0.39 is 16.1 Å². The second-order valence-corrected chi connectivity index (χ2v) is 5.75. The van der Waals surface area contributed by atoms with E-state index >= 15 is 0 Å². The van der Waals surface area contributed by atoms with Crippen molar-refractivity contribution in [2.24, 2.45) is 0 Å². The molecule has 1 aliphatic rings. The molecule has 0 saturated carbocycles. The number of aromatic nitrogens is 1. The van der Waals surface area contributed by atoms with Gasteiger partial charge in [-0.15, -0.1) is 0 Å². The molecule has 1 aliphatic heterocycles. The Morgan fingerprint density at radius 2 is 2.19 bits per heavy atom. The second kappa shape index (κ2) is 4.97. The molecule has 0 aliphatic carbocycles. The zero-order valence-corrected chi connectivity index (χ0v) is 11.8. The van der Waals surface area contributed by atoms with Gasteiger partial charge in [-0.05, 0) is 18.2 Å². The molecule has 0 atom stereocenters. The summed E-state index contributed by atoms with van der Waals surface area (Å²) in [5.74, 6) is 0.0330. The van der Waals surface area contributed by atoms with Gasteiger partial charge in [-0.3, -0.25) is 0 Å². The van der Waals surface area contributed by atoms with Crippen LogP contribution >= 0.6 is 0 Å². The molecule has 0 bridgehead atoms. The fourth-order valence-corrected chi connectivity index (χ4v) is 2.87. The summed E-state index contributed by atoms with van der Waals surface area (Å²) in [6.07, 6.45) is 1.46. The van der Waals surface area contributed by atoms with Gasteiger partial charge in [0, 0.05) is 35.5 Å². The summed E-state index contributed by atoms with van der Waals surface area (Å²) in [7, 11) is -2.39. The lowest BCUT2D eigenvalue weighted by Crippen LogP contribution is -2.32. The van der Waals surface area contributed by atoms with E-state index in [0.29, 0.717) is 22.6 Å². The molecule has 0 fully saturated rings. The van der Waals surface area contributed by atoms with Crippen molar-refractivity contribution < 1.29 is 21.7 Å². The molecule has 110 valence electrons. The minimum Gasteiger partial charge on any atom is -0.481 e. The lowest BCUT2D eigenvalue weighted by Gasteiger charge is -2.20. The lowest BCUT2D eigenvalue weighted by atomic mass is 10.0. The van der Waals surface area contributed by atoms with Crippen LogP contribution in [0.15, 0.2) is 30.5 Å². The summed E-state index contributed by atoms with van der Waals surface area (Å²) >= 11 is 0. The normalized spacial score (nSPS) is 15.9. The quantitative estimate of drug-likeness (QED) is 0.912. The van der Waals surface area contributed by atoms with Gasteiger partial charge in [-0.25, -0.2) is 9.37 Å². The third-order valence-electron chi connectivity index (χ3n) is 3.02. The van der Waals surface area contributed by atoms with Crippen molar-refractivity contribution in [2.75, 3.05) is 7.11 Å². The number of nitrogens with zero attached hydrogens (tertiary/aromatic N) is 1. The van der Waals surface area contributed by atoms with E-state index in [1.54, 1.807) is 12.1 Å². The van der Waals surface area contributed by atoms with Crippen LogP contribution in [0.2, 0.25) is 0 Å². The van der Waals surface area contributed by atoms with E-state index in [-0.39, 0.29) is 12.3 Å². The van der Waals surface area contributed by atoms with E-state index in [9.17, 15) is 12.8 Å². The molecular weight excluding hydrogens is 299 g/mol. The molecule has 3 rings (SSSR count). The summed E-state index contributed by atoms with van der Waals surface area (Å²) in [5.41, 5.74) is 1.28. The van der Waals surface area contributed by atoms with Crippen molar-refractivity contribution in [3.05, 3.63) is 41.8 Å². The highest BCUT2D eigenvalue weighted by Crippen LogP contribution is 2.37. The Morgan fingerprint density at radius 3 is 2.86 bits per heavy atom. The van der Waals surface area contributed by atoms with Gasteiger partial charge in [-0.1, -0.05) is 0 Å². The fourth-order valence-electron chi connectivity index (χ4n) is 2.06. The van der Waals surface area contributed by atoms with Crippen LogP contribution in [-0.2, 0) is 16.8 Å². The minimum absolute atomic E-state index is 0.0218. The van der Waals surface area contributed by atoms with Crippen molar-refractivity contribution >= 4 is 10.3 Å². The van der Waals surface area contributed by atoms with Crippen LogP contribution in [0.1, 0.15) is 5.56 Å². The molecule has 0 saturated heterocycles. The maximum Gasteiger partial charge on any atom is 0.382 e. The number of halogens is 1. The summed E-state index contributed by atoms with van der Waals surface area (Å²) in [5, 5.41) is 0. The number of hydrogen-bond acceptors (Lipinski definition) is 5. The zero-order valence-electron chi connectivity index (χ0n) is 11.0. The van der Waals surface area contributed by atoms with Gasteiger partial charge in [0.15, 0.2) is 5.75 Å². The first-order valence-corrected chi connectivity index (χ1v) is 7.41. The first-order chi connectivity index (χ1) is 9.98. The third-order valence-corrected chi connectivity index (χ3v) is 3.90. The molecule has 0 amide bonds. The first-order valence-electron chi connectivity index (χ1n) is 6.00. The van der Waals surface area contributed by atoms with Gasteiger partial charge < -0.3 is 8.92 Å². The van der Waals surface area contributed by atoms with E-state index in [4.69, 9.17) is 8.92 Å². The number of pyridine rings is 1. The minimum atomic E-state index is -3.87. The predicted molar refractivity (Wildman–Crippen MR) is 72.6 cm³/mol. The van der Waals surface area contributed by atoms with Crippen molar-refractivity contribution in [3.8, 4) is 22.8 Å². The SMILES string of the molecule is COc1ccc(-c2cc(F)cc3c2OS(=O)(=O)NC3)cn1. The molecule has 2 heterocycles. The fraction of sp³-hybridized carbons (Fsp3) is 0.154. The number of hydrogen-bond donors (Lipinski definition) is 1. The number of nitrogens with one attached hydrogen (secondary N) is 1. The standard InChI is InChI=1S/C13H11FN2O4S/c1-19-12-3-2-8(6-15-12)11-5-10(14)4-9-7-16-21(17,18)20-13(9)11/h2-6,16H,7H2,1H3. The molecule has 0 spiro atoms. The summed E-state index contributed by atoms with van der Waals surface area (Å²) in [6, 6.07) is 5.70. The second-order valence-electron chi connectivity index (χ2n) is 4.39. The van der Waals surface area contributed by atoms with Crippen molar-refractivity contribution in [2.45, 2.75) is 6.54 Å². The van der Waals surface area contributed by atoms with E-state index in [0.717, 1.165) is 0 Å². The van der Waals surface area contributed by atoms with Crippen molar-refractivity contribution in [3.63, 3.8) is 0 Å². The van der Waals surface area contributed by atoms with Crippen molar-refractivity contribution in [1.29, 1.82) is 0 Å². The smallest absolute Gasteiger partial charge is 0.382 e. The maximum atomic E-state index is 13.7. The highest BCUT2D eigenvalue weighted by Gasteiger charge is 2.26. The number of ether oxygens (including phenoxy) is 1. The molecule has 8 heteroatoms. The average molecular weight is 310 g/mol. The van der Waals surface area contributed by atoms with Crippen LogP contribution in [-0.4, -0.2) is 20.5 Å². The number of methoxy groups -OCH3 is 1. The van der Waals surface area contributed by atoms with Crippen LogP contribution in [0.5, 0.6) is 11.6 Å². The van der Waals surface area contributed by atoms with Crippen LogP contribution in [0, 0.1) is 5.82 Å². The first kappa shape index (κ1) is 13.8. The van der Waals surface area contributed by atoms with Crippen molar-refractivity contribution in [1.82, 2.24) is 9.71 Å². The van der Waals surface area contributed by atoms with Crippen LogP contribution < -0.4 is 13.6 Å². The maximum absolute atomic E-state index is 13.7. The molecular formula is C13H11FN2O4S.